The highest BCUT2D eigenvalue weighted by atomic mass is 32.2. The third-order valence-corrected chi connectivity index (χ3v) is 10.5. The van der Waals surface area contributed by atoms with Gasteiger partial charge in [-0.3, -0.25) is 14.4 Å². The van der Waals surface area contributed by atoms with Crippen molar-refractivity contribution < 1.29 is 14.4 Å². The Bertz CT molecular complexity index is 2280. The smallest absolute Gasteiger partial charge is 0.272 e. The number of nitrogens with zero attached hydrogens (tertiary/aromatic N) is 1. The van der Waals surface area contributed by atoms with Crippen LogP contribution in [0, 0.1) is 11.3 Å². The number of anilines is 2. The molecule has 1 unspecified atom stereocenters. The molecule has 262 valence electrons. The maximum absolute atomic E-state index is 14.0. The molecule has 0 spiro atoms. The second kappa shape index (κ2) is 17.3. The highest BCUT2D eigenvalue weighted by Gasteiger charge is 2.25. The number of thiophene rings is 1. The van der Waals surface area contributed by atoms with Crippen LogP contribution in [-0.4, -0.2) is 17.7 Å². The van der Waals surface area contributed by atoms with Crippen LogP contribution in [0.4, 0.5) is 10.7 Å². The van der Waals surface area contributed by atoms with Crippen LogP contribution in [0.2, 0.25) is 0 Å². The molecule has 53 heavy (non-hydrogen) atoms. The minimum Gasteiger partial charge on any atom is -0.321 e. The maximum atomic E-state index is 14.0. The number of hydrogen-bond donors (Lipinski definition) is 3. The number of hydrogen-bond acceptors (Lipinski definition) is 6. The van der Waals surface area contributed by atoms with Crippen molar-refractivity contribution in [2.45, 2.75) is 29.9 Å². The van der Waals surface area contributed by atoms with Crippen LogP contribution in [-0.2, 0) is 9.59 Å². The fourth-order valence-electron chi connectivity index (χ4n) is 5.54. The molecule has 1 heterocycles. The van der Waals surface area contributed by atoms with Gasteiger partial charge in [-0.15, -0.1) is 23.1 Å². The van der Waals surface area contributed by atoms with Crippen molar-refractivity contribution in [3.05, 3.63) is 178 Å². The van der Waals surface area contributed by atoms with E-state index >= 15 is 0 Å². The quantitative estimate of drug-likeness (QED) is 0.0857. The van der Waals surface area contributed by atoms with E-state index < -0.39 is 17.1 Å². The van der Waals surface area contributed by atoms with Gasteiger partial charge in [-0.25, -0.2) is 0 Å². The summed E-state index contributed by atoms with van der Waals surface area (Å²) in [5, 5.41) is 20.5. The van der Waals surface area contributed by atoms with Crippen molar-refractivity contribution in [2.24, 2.45) is 0 Å². The summed E-state index contributed by atoms with van der Waals surface area (Å²) in [5.74, 6) is -0.846. The lowest BCUT2D eigenvalue weighted by Gasteiger charge is -2.17. The number of nitriles is 1. The first-order valence-electron chi connectivity index (χ1n) is 17.0. The van der Waals surface area contributed by atoms with Crippen LogP contribution in [0.3, 0.4) is 0 Å². The standard InChI is InChI=1S/C44H36N4O3S2/c1-29(2)31-23-21-30(22-24-31)25-39(47-41(49)34-17-10-5-11-18-34)42(50)46-35-19-12-20-36(26-35)53-40(33-15-8-4-9-16-33)43(51)48-44-37(27-45)38(28-52-44)32-13-6-3-7-14-32/h3-26,28-29,40H,1-2H3,(H,46,50)(H,47,49)(H,48,51)/b39-25+. The zero-order chi connectivity index (χ0) is 37.2. The Hall–Kier alpha value is -6.21. The van der Waals surface area contributed by atoms with E-state index in [1.807, 2.05) is 102 Å². The average Bonchev–Trinajstić information content (AvgIpc) is 3.60. The molecule has 0 bridgehead atoms. The number of rotatable bonds is 12. The molecule has 3 amide bonds. The molecule has 0 aliphatic rings. The third kappa shape index (κ3) is 9.37. The highest BCUT2D eigenvalue weighted by Crippen LogP contribution is 2.40. The molecule has 7 nitrogen and oxygen atoms in total. The summed E-state index contributed by atoms with van der Waals surface area (Å²) in [5.41, 5.74) is 5.76. The minimum absolute atomic E-state index is 0.0786. The van der Waals surface area contributed by atoms with Crippen LogP contribution in [0.25, 0.3) is 17.2 Å². The summed E-state index contributed by atoms with van der Waals surface area (Å²) in [4.78, 5) is 41.7. The molecular formula is C44H36N4O3S2. The average molecular weight is 733 g/mol. The molecule has 0 saturated carbocycles. The van der Waals surface area contributed by atoms with Gasteiger partial charge in [-0.05, 0) is 64.6 Å². The molecular weight excluding hydrogens is 697 g/mol. The lowest BCUT2D eigenvalue weighted by Crippen LogP contribution is -2.30. The fraction of sp³-hybridized carbons (Fsp3) is 0.0909. The van der Waals surface area contributed by atoms with Crippen LogP contribution >= 0.6 is 23.1 Å². The van der Waals surface area contributed by atoms with Crippen LogP contribution in [0.15, 0.2) is 155 Å². The molecule has 0 aliphatic carbocycles. The van der Waals surface area contributed by atoms with Crippen molar-refractivity contribution in [3.8, 4) is 17.2 Å². The topological polar surface area (TPSA) is 111 Å². The van der Waals surface area contributed by atoms with Gasteiger partial charge in [0.05, 0.1) is 5.56 Å². The Morgan fingerprint density at radius 3 is 2.08 bits per heavy atom. The van der Waals surface area contributed by atoms with E-state index in [2.05, 4.69) is 35.9 Å². The number of thioether (sulfide) groups is 1. The Labute approximate surface area is 317 Å². The van der Waals surface area contributed by atoms with Crippen molar-refractivity contribution in [1.29, 1.82) is 5.26 Å². The first-order chi connectivity index (χ1) is 25.8. The van der Waals surface area contributed by atoms with E-state index in [1.54, 1.807) is 48.5 Å². The van der Waals surface area contributed by atoms with Crippen molar-refractivity contribution in [2.75, 3.05) is 10.6 Å². The highest BCUT2D eigenvalue weighted by molar-refractivity contribution is 8.00. The summed E-state index contributed by atoms with van der Waals surface area (Å²) in [6, 6.07) is 45.1. The molecule has 6 aromatic rings. The van der Waals surface area contributed by atoms with Gasteiger partial charge < -0.3 is 16.0 Å². The van der Waals surface area contributed by atoms with Crippen molar-refractivity contribution in [3.63, 3.8) is 0 Å². The Morgan fingerprint density at radius 1 is 0.755 bits per heavy atom. The third-order valence-electron chi connectivity index (χ3n) is 8.35. The monoisotopic (exact) mass is 732 g/mol. The SMILES string of the molecule is CC(C)c1ccc(/C=C(/NC(=O)c2ccccc2)C(=O)Nc2cccc(SC(C(=O)Nc3scc(-c4ccccc4)c3C#N)c3ccccc3)c2)cc1. The lowest BCUT2D eigenvalue weighted by molar-refractivity contribution is -0.116. The lowest BCUT2D eigenvalue weighted by atomic mass is 10.0. The summed E-state index contributed by atoms with van der Waals surface area (Å²) in [7, 11) is 0. The van der Waals surface area contributed by atoms with E-state index in [1.165, 1.54) is 23.1 Å². The van der Waals surface area contributed by atoms with Gasteiger partial charge in [0.25, 0.3) is 11.8 Å². The molecule has 1 atom stereocenters. The Morgan fingerprint density at radius 2 is 1.42 bits per heavy atom. The van der Waals surface area contributed by atoms with Crippen molar-refractivity contribution >= 4 is 57.6 Å². The van der Waals surface area contributed by atoms with Gasteiger partial charge >= 0.3 is 0 Å². The summed E-state index contributed by atoms with van der Waals surface area (Å²) in [6.45, 7) is 4.22. The van der Waals surface area contributed by atoms with Gasteiger partial charge in [0.2, 0.25) is 5.91 Å². The zero-order valence-electron chi connectivity index (χ0n) is 29.1. The summed E-state index contributed by atoms with van der Waals surface area (Å²) in [6.07, 6.45) is 1.65. The van der Waals surface area contributed by atoms with E-state index in [4.69, 9.17) is 0 Å². The van der Waals surface area contributed by atoms with E-state index in [9.17, 15) is 19.6 Å². The molecule has 0 saturated heterocycles. The second-order valence-corrected chi connectivity index (χ2v) is 14.5. The molecule has 0 aliphatic heterocycles. The van der Waals surface area contributed by atoms with Crippen LogP contribution in [0.1, 0.15) is 57.6 Å². The molecule has 9 heteroatoms. The first-order valence-corrected chi connectivity index (χ1v) is 18.7. The molecule has 1 aromatic heterocycles. The van der Waals surface area contributed by atoms with Gasteiger partial charge in [0.1, 0.15) is 22.0 Å². The second-order valence-electron chi connectivity index (χ2n) is 12.4. The molecule has 0 radical (unpaired) electrons. The number of carbonyl (C=O) groups is 3. The summed E-state index contributed by atoms with van der Waals surface area (Å²) < 4.78 is 0. The molecule has 6 rings (SSSR count). The fourth-order valence-corrected chi connectivity index (χ4v) is 7.54. The van der Waals surface area contributed by atoms with Gasteiger partial charge in [-0.1, -0.05) is 123 Å². The number of amides is 3. The zero-order valence-corrected chi connectivity index (χ0v) is 30.7. The van der Waals surface area contributed by atoms with Gasteiger partial charge in [0, 0.05) is 27.1 Å². The van der Waals surface area contributed by atoms with E-state index in [0.29, 0.717) is 27.7 Å². The Balaban J connectivity index is 1.24. The number of carbonyl (C=O) groups excluding carboxylic acids is 3. The molecule has 5 aromatic carbocycles. The Kier molecular flexibility index (Phi) is 12.0. The van der Waals surface area contributed by atoms with Gasteiger partial charge in [0.15, 0.2) is 0 Å². The predicted molar refractivity (Wildman–Crippen MR) is 216 cm³/mol. The minimum atomic E-state index is -0.676. The predicted octanol–water partition coefficient (Wildman–Crippen LogP) is 10.3. The summed E-state index contributed by atoms with van der Waals surface area (Å²) >= 11 is 2.64. The molecule has 3 N–H and O–H groups in total. The maximum Gasteiger partial charge on any atom is 0.272 e. The van der Waals surface area contributed by atoms with Gasteiger partial charge in [-0.2, -0.15) is 5.26 Å². The van der Waals surface area contributed by atoms with Crippen LogP contribution < -0.4 is 16.0 Å². The largest absolute Gasteiger partial charge is 0.321 e. The number of benzene rings is 5. The van der Waals surface area contributed by atoms with E-state index in [-0.39, 0.29) is 11.6 Å². The first kappa shape index (κ1) is 36.6. The molecule has 0 fully saturated rings. The van der Waals surface area contributed by atoms with Crippen molar-refractivity contribution in [1.82, 2.24) is 5.32 Å². The van der Waals surface area contributed by atoms with Crippen LogP contribution in [0.5, 0.6) is 0 Å². The normalized spacial score (nSPS) is 11.7. The number of nitrogens with one attached hydrogen (secondary N) is 3. The van der Waals surface area contributed by atoms with E-state index in [0.717, 1.165) is 32.7 Å².